The highest BCUT2D eigenvalue weighted by atomic mass is 16.1. The van der Waals surface area contributed by atoms with Gasteiger partial charge in [-0.25, -0.2) is 4.98 Å². The van der Waals surface area contributed by atoms with E-state index in [1.165, 1.54) is 12.4 Å². The fourth-order valence-corrected chi connectivity index (χ4v) is 1.12. The molecule has 0 saturated heterocycles. The lowest BCUT2D eigenvalue weighted by Crippen LogP contribution is -2.14. The molecule has 0 radical (unpaired) electrons. The first-order chi connectivity index (χ1) is 7.75. The third kappa shape index (κ3) is 2.30. The van der Waals surface area contributed by atoms with Crippen molar-refractivity contribution >= 4 is 17.4 Å². The smallest absolute Gasteiger partial charge is 0.275 e. The van der Waals surface area contributed by atoms with Crippen molar-refractivity contribution in [3.05, 3.63) is 42.6 Å². The molecule has 2 rings (SSSR count). The Labute approximate surface area is 91.6 Å². The molecule has 6 heteroatoms. The zero-order chi connectivity index (χ0) is 11.4. The number of hydrogen-bond donors (Lipinski definition) is 2. The van der Waals surface area contributed by atoms with Crippen molar-refractivity contribution in [2.24, 2.45) is 0 Å². The highest BCUT2D eigenvalue weighted by Gasteiger charge is 2.07. The van der Waals surface area contributed by atoms with Crippen molar-refractivity contribution in [1.82, 2.24) is 15.0 Å². The Hall–Kier alpha value is -2.50. The van der Waals surface area contributed by atoms with Crippen LogP contribution in [0.4, 0.5) is 11.5 Å². The molecule has 80 valence electrons. The number of pyridine rings is 1. The van der Waals surface area contributed by atoms with E-state index in [0.717, 1.165) is 0 Å². The number of nitrogens with one attached hydrogen (secondary N) is 1. The second kappa shape index (κ2) is 4.35. The molecule has 0 atom stereocenters. The molecule has 3 N–H and O–H groups in total. The van der Waals surface area contributed by atoms with Crippen LogP contribution < -0.4 is 11.1 Å². The van der Waals surface area contributed by atoms with Gasteiger partial charge in [0.2, 0.25) is 0 Å². The number of rotatable bonds is 2. The van der Waals surface area contributed by atoms with Gasteiger partial charge in [-0.3, -0.25) is 14.8 Å². The van der Waals surface area contributed by atoms with Crippen LogP contribution in [0.5, 0.6) is 0 Å². The monoisotopic (exact) mass is 215 g/mol. The van der Waals surface area contributed by atoms with Gasteiger partial charge in [-0.2, -0.15) is 0 Å². The van der Waals surface area contributed by atoms with E-state index in [2.05, 4.69) is 20.3 Å². The molecule has 0 aliphatic carbocycles. The van der Waals surface area contributed by atoms with E-state index in [9.17, 15) is 4.79 Å². The van der Waals surface area contributed by atoms with Gasteiger partial charge in [-0.15, -0.1) is 0 Å². The molecule has 0 unspecified atom stereocenters. The minimum Gasteiger partial charge on any atom is -0.382 e. The van der Waals surface area contributed by atoms with Crippen LogP contribution >= 0.6 is 0 Å². The van der Waals surface area contributed by atoms with Gasteiger partial charge >= 0.3 is 0 Å². The lowest BCUT2D eigenvalue weighted by atomic mass is 10.3. The zero-order valence-electron chi connectivity index (χ0n) is 8.29. The Morgan fingerprint density at radius 1 is 1.19 bits per heavy atom. The molecule has 6 nitrogen and oxygen atoms in total. The molecule has 1 amide bonds. The van der Waals surface area contributed by atoms with Gasteiger partial charge in [-0.1, -0.05) is 0 Å². The number of nitrogens with two attached hydrogens (primary N) is 1. The molecule has 2 aromatic rings. The van der Waals surface area contributed by atoms with Crippen LogP contribution in [-0.2, 0) is 0 Å². The van der Waals surface area contributed by atoms with Gasteiger partial charge in [0.05, 0.1) is 12.4 Å². The van der Waals surface area contributed by atoms with Crippen molar-refractivity contribution in [2.45, 2.75) is 0 Å². The summed E-state index contributed by atoms with van der Waals surface area (Å²) in [6.45, 7) is 0. The SMILES string of the molecule is Nc1cncc(C(=O)Nc2ccncc2)n1. The molecule has 0 aromatic carbocycles. The van der Waals surface area contributed by atoms with Crippen LogP contribution in [-0.4, -0.2) is 20.9 Å². The number of carbonyl (C=O) groups excluding carboxylic acids is 1. The van der Waals surface area contributed by atoms with Gasteiger partial charge in [-0.05, 0) is 12.1 Å². The van der Waals surface area contributed by atoms with Crippen LogP contribution in [0.15, 0.2) is 36.9 Å². The van der Waals surface area contributed by atoms with Gasteiger partial charge in [0.1, 0.15) is 11.5 Å². The fraction of sp³-hybridized carbons (Fsp3) is 0. The van der Waals surface area contributed by atoms with Crippen LogP contribution in [0.25, 0.3) is 0 Å². The second-order valence-electron chi connectivity index (χ2n) is 3.02. The fourth-order valence-electron chi connectivity index (χ4n) is 1.12. The average molecular weight is 215 g/mol. The number of amides is 1. The number of nitrogens with zero attached hydrogens (tertiary/aromatic N) is 3. The quantitative estimate of drug-likeness (QED) is 0.769. The van der Waals surface area contributed by atoms with Gasteiger partial charge in [0, 0.05) is 18.1 Å². The van der Waals surface area contributed by atoms with E-state index >= 15 is 0 Å². The predicted molar refractivity (Wildman–Crippen MR) is 58.6 cm³/mol. The van der Waals surface area contributed by atoms with Crippen molar-refractivity contribution in [3.63, 3.8) is 0 Å². The maximum absolute atomic E-state index is 11.7. The normalized spacial score (nSPS) is 9.75. The summed E-state index contributed by atoms with van der Waals surface area (Å²) >= 11 is 0. The Balaban J connectivity index is 2.15. The molecule has 0 aliphatic heterocycles. The summed E-state index contributed by atoms with van der Waals surface area (Å²) in [7, 11) is 0. The second-order valence-corrected chi connectivity index (χ2v) is 3.02. The number of carbonyl (C=O) groups is 1. The minimum atomic E-state index is -0.356. The first-order valence-corrected chi connectivity index (χ1v) is 4.54. The Bertz CT molecular complexity index is 500. The number of aromatic nitrogens is 3. The molecule has 0 spiro atoms. The molecular weight excluding hydrogens is 206 g/mol. The van der Waals surface area contributed by atoms with Gasteiger partial charge in [0.15, 0.2) is 0 Å². The number of hydrogen-bond acceptors (Lipinski definition) is 5. The summed E-state index contributed by atoms with van der Waals surface area (Å²) in [5.74, 6) is -0.145. The molecular formula is C10H9N5O. The van der Waals surface area contributed by atoms with Crippen LogP contribution in [0.2, 0.25) is 0 Å². The summed E-state index contributed by atoms with van der Waals surface area (Å²) in [6.07, 6.45) is 5.90. The standard InChI is InChI=1S/C10H9N5O/c11-9-6-13-5-8(15-9)10(16)14-7-1-3-12-4-2-7/h1-6H,(H2,11,15)(H,12,14,16). The van der Waals surface area contributed by atoms with E-state index in [-0.39, 0.29) is 17.4 Å². The lowest BCUT2D eigenvalue weighted by Gasteiger charge is -2.03. The van der Waals surface area contributed by atoms with Crippen molar-refractivity contribution < 1.29 is 4.79 Å². The summed E-state index contributed by atoms with van der Waals surface area (Å²) in [5, 5.41) is 2.65. The highest BCUT2D eigenvalue weighted by Crippen LogP contribution is 2.06. The third-order valence-electron chi connectivity index (χ3n) is 1.82. The molecule has 0 saturated carbocycles. The van der Waals surface area contributed by atoms with Crippen LogP contribution in [0.1, 0.15) is 10.5 Å². The highest BCUT2D eigenvalue weighted by molar-refractivity contribution is 6.02. The minimum absolute atomic E-state index is 0.178. The van der Waals surface area contributed by atoms with E-state index < -0.39 is 0 Å². The summed E-state index contributed by atoms with van der Waals surface area (Å²) in [6, 6.07) is 3.36. The van der Waals surface area contributed by atoms with E-state index in [1.54, 1.807) is 24.5 Å². The largest absolute Gasteiger partial charge is 0.382 e. The van der Waals surface area contributed by atoms with E-state index in [4.69, 9.17) is 5.73 Å². The first kappa shape index (κ1) is 10.0. The average Bonchev–Trinajstić information content (AvgIpc) is 2.30. The topological polar surface area (TPSA) is 93.8 Å². The maximum Gasteiger partial charge on any atom is 0.275 e. The molecule has 0 fully saturated rings. The third-order valence-corrected chi connectivity index (χ3v) is 1.82. The Morgan fingerprint density at radius 2 is 1.94 bits per heavy atom. The molecule has 2 heterocycles. The predicted octanol–water partition coefficient (Wildman–Crippen LogP) is 0.706. The summed E-state index contributed by atoms with van der Waals surface area (Å²) in [4.78, 5) is 23.2. The maximum atomic E-state index is 11.7. The number of nitrogen functional groups attached to an aromatic ring is 1. The zero-order valence-corrected chi connectivity index (χ0v) is 8.29. The van der Waals surface area contributed by atoms with Crippen LogP contribution in [0, 0.1) is 0 Å². The van der Waals surface area contributed by atoms with Crippen LogP contribution in [0.3, 0.4) is 0 Å². The first-order valence-electron chi connectivity index (χ1n) is 4.54. The molecule has 2 aromatic heterocycles. The van der Waals surface area contributed by atoms with E-state index in [0.29, 0.717) is 5.69 Å². The summed E-state index contributed by atoms with van der Waals surface area (Å²) in [5.41, 5.74) is 6.25. The van der Waals surface area contributed by atoms with E-state index in [1.807, 2.05) is 0 Å². The summed E-state index contributed by atoms with van der Waals surface area (Å²) < 4.78 is 0. The van der Waals surface area contributed by atoms with Crippen molar-refractivity contribution in [2.75, 3.05) is 11.1 Å². The van der Waals surface area contributed by atoms with Crippen molar-refractivity contribution in [3.8, 4) is 0 Å². The Kier molecular flexibility index (Phi) is 2.73. The molecule has 0 aliphatic rings. The Morgan fingerprint density at radius 3 is 2.62 bits per heavy atom. The van der Waals surface area contributed by atoms with Crippen molar-refractivity contribution in [1.29, 1.82) is 0 Å². The number of anilines is 2. The molecule has 0 bridgehead atoms. The lowest BCUT2D eigenvalue weighted by molar-refractivity contribution is 0.102. The molecule has 16 heavy (non-hydrogen) atoms. The van der Waals surface area contributed by atoms with Gasteiger partial charge < -0.3 is 11.1 Å². The van der Waals surface area contributed by atoms with Gasteiger partial charge in [0.25, 0.3) is 5.91 Å².